The number of likely N-dealkylation sites (N-methyl/N-ethyl adjacent to an activating group) is 1. The molecule has 1 aromatic heterocycles. The van der Waals surface area contributed by atoms with Crippen LogP contribution in [0.25, 0.3) is 0 Å². The van der Waals surface area contributed by atoms with E-state index in [1.54, 1.807) is 4.68 Å². The summed E-state index contributed by atoms with van der Waals surface area (Å²) in [7, 11) is 3.81. The van der Waals surface area contributed by atoms with Crippen LogP contribution in [0.15, 0.2) is 10.7 Å². The summed E-state index contributed by atoms with van der Waals surface area (Å²) in [4.78, 5) is 0. The smallest absolute Gasteiger partial charge is 0.102 e. The molecule has 1 rings (SSSR count). The number of ether oxygens (including phenoxy) is 1. The third-order valence-electron chi connectivity index (χ3n) is 1.95. The number of nitrogens with zero attached hydrogens (tertiary/aromatic N) is 2. The van der Waals surface area contributed by atoms with Crippen molar-refractivity contribution < 1.29 is 4.74 Å². The molecule has 0 aromatic carbocycles. The van der Waals surface area contributed by atoms with Gasteiger partial charge in [-0.05, 0) is 29.9 Å². The lowest BCUT2D eigenvalue weighted by Crippen LogP contribution is -2.26. The highest BCUT2D eigenvalue weighted by Crippen LogP contribution is 2.14. The molecular formula is C9H16BrN3O. The van der Waals surface area contributed by atoms with E-state index in [1.165, 1.54) is 0 Å². The lowest BCUT2D eigenvalue weighted by Gasteiger charge is -2.09. The van der Waals surface area contributed by atoms with Gasteiger partial charge in [0.25, 0.3) is 0 Å². The fourth-order valence-electron chi connectivity index (χ4n) is 1.02. The van der Waals surface area contributed by atoms with Crippen LogP contribution in [0.1, 0.15) is 12.6 Å². The first kappa shape index (κ1) is 11.7. The Kier molecular flexibility index (Phi) is 4.57. The molecule has 0 fully saturated rings. The number of nitrogens with one attached hydrogen (secondary N) is 1. The topological polar surface area (TPSA) is 39.1 Å². The lowest BCUT2D eigenvalue weighted by atomic mass is 10.4. The van der Waals surface area contributed by atoms with Crippen LogP contribution in [-0.4, -0.2) is 29.5 Å². The minimum atomic E-state index is 0.373. The summed E-state index contributed by atoms with van der Waals surface area (Å²) in [6.07, 6.45) is 1.92. The highest BCUT2D eigenvalue weighted by Gasteiger charge is 2.05. The molecule has 0 aliphatic heterocycles. The average molecular weight is 262 g/mol. The number of halogens is 1. The maximum absolute atomic E-state index is 5.50. The summed E-state index contributed by atoms with van der Waals surface area (Å²) in [6.45, 7) is 3.32. The molecule has 1 atom stereocenters. The van der Waals surface area contributed by atoms with Crippen LogP contribution >= 0.6 is 15.9 Å². The number of hydrogen-bond donors (Lipinski definition) is 1. The molecule has 80 valence electrons. The van der Waals surface area contributed by atoms with Gasteiger partial charge in [-0.3, -0.25) is 4.68 Å². The zero-order valence-electron chi connectivity index (χ0n) is 8.75. The molecule has 5 heteroatoms. The molecule has 0 saturated carbocycles. The molecule has 0 saturated heterocycles. The van der Waals surface area contributed by atoms with E-state index in [0.717, 1.165) is 10.2 Å². The fraction of sp³-hybridized carbons (Fsp3) is 0.667. The average Bonchev–Trinajstić information content (AvgIpc) is 2.45. The number of rotatable bonds is 5. The minimum absolute atomic E-state index is 0.373. The fourth-order valence-corrected chi connectivity index (χ4v) is 1.51. The van der Waals surface area contributed by atoms with E-state index < -0.39 is 0 Å². The van der Waals surface area contributed by atoms with Gasteiger partial charge in [0.15, 0.2) is 0 Å². The summed E-state index contributed by atoms with van der Waals surface area (Å²) >= 11 is 3.42. The highest BCUT2D eigenvalue weighted by molar-refractivity contribution is 9.10. The van der Waals surface area contributed by atoms with Crippen molar-refractivity contribution in [2.75, 3.05) is 13.7 Å². The Balaban J connectivity index is 2.34. The van der Waals surface area contributed by atoms with E-state index >= 15 is 0 Å². The molecule has 0 unspecified atom stereocenters. The van der Waals surface area contributed by atoms with Gasteiger partial charge in [-0.25, -0.2) is 0 Å². The molecule has 1 heterocycles. The van der Waals surface area contributed by atoms with E-state index in [9.17, 15) is 0 Å². The van der Waals surface area contributed by atoms with Crippen molar-refractivity contribution in [3.8, 4) is 0 Å². The normalized spacial score (nSPS) is 13.1. The first-order valence-electron chi connectivity index (χ1n) is 4.56. The molecule has 0 aliphatic rings. The number of hydrogen-bond acceptors (Lipinski definition) is 3. The summed E-state index contributed by atoms with van der Waals surface area (Å²) < 4.78 is 8.26. The van der Waals surface area contributed by atoms with Gasteiger partial charge in [-0.1, -0.05) is 0 Å². The van der Waals surface area contributed by atoms with Crippen molar-refractivity contribution in [1.29, 1.82) is 0 Å². The van der Waals surface area contributed by atoms with E-state index in [0.29, 0.717) is 19.3 Å². The molecule has 14 heavy (non-hydrogen) atoms. The Morgan fingerprint density at radius 2 is 2.43 bits per heavy atom. The Morgan fingerprint density at radius 1 is 1.71 bits per heavy atom. The maximum atomic E-state index is 5.50. The van der Waals surface area contributed by atoms with E-state index in [4.69, 9.17) is 4.74 Å². The Labute approximate surface area is 92.8 Å². The second-order valence-electron chi connectivity index (χ2n) is 3.30. The predicted octanol–water partition coefficient (Wildman–Crippen LogP) is 1.31. The molecule has 4 nitrogen and oxygen atoms in total. The molecule has 0 bridgehead atoms. The molecule has 0 aliphatic carbocycles. The second-order valence-corrected chi connectivity index (χ2v) is 4.16. The van der Waals surface area contributed by atoms with E-state index in [1.807, 2.05) is 20.3 Å². The Morgan fingerprint density at radius 3 is 2.93 bits per heavy atom. The van der Waals surface area contributed by atoms with Crippen molar-refractivity contribution in [2.24, 2.45) is 7.05 Å². The largest absolute Gasteiger partial charge is 0.373 e. The molecule has 0 spiro atoms. The summed E-state index contributed by atoms with van der Waals surface area (Å²) in [5.41, 5.74) is 0.941. The van der Waals surface area contributed by atoms with Gasteiger partial charge in [0.1, 0.15) is 5.69 Å². The van der Waals surface area contributed by atoms with Crippen LogP contribution in [0, 0.1) is 0 Å². The number of aryl methyl sites for hydroxylation is 1. The van der Waals surface area contributed by atoms with Gasteiger partial charge in [-0.15, -0.1) is 0 Å². The Bertz CT molecular complexity index is 288. The van der Waals surface area contributed by atoms with E-state index in [-0.39, 0.29) is 0 Å². The number of aromatic nitrogens is 2. The van der Waals surface area contributed by atoms with E-state index in [2.05, 4.69) is 33.3 Å². The highest BCUT2D eigenvalue weighted by atomic mass is 79.9. The Hall–Kier alpha value is -0.390. The van der Waals surface area contributed by atoms with Crippen molar-refractivity contribution in [3.63, 3.8) is 0 Å². The van der Waals surface area contributed by atoms with Gasteiger partial charge >= 0.3 is 0 Å². The molecule has 1 aromatic rings. The van der Waals surface area contributed by atoms with Gasteiger partial charge in [0.05, 0.1) is 17.7 Å². The minimum Gasteiger partial charge on any atom is -0.373 e. The predicted molar refractivity (Wildman–Crippen MR) is 59.1 cm³/mol. The first-order valence-corrected chi connectivity index (χ1v) is 5.35. The van der Waals surface area contributed by atoms with Gasteiger partial charge in [-0.2, -0.15) is 5.10 Å². The van der Waals surface area contributed by atoms with Crippen LogP contribution in [0.3, 0.4) is 0 Å². The summed E-state index contributed by atoms with van der Waals surface area (Å²) in [6, 6.07) is 0.373. The standard InChI is InChI=1S/C9H16BrN3O/c1-7(11-2)5-14-6-9-8(10)4-13(3)12-9/h4,7,11H,5-6H2,1-3H3/t7-/m0/s1. The zero-order chi connectivity index (χ0) is 10.6. The van der Waals surface area contributed by atoms with Crippen molar-refractivity contribution >= 4 is 15.9 Å². The van der Waals surface area contributed by atoms with Crippen LogP contribution in [-0.2, 0) is 18.4 Å². The van der Waals surface area contributed by atoms with Crippen LogP contribution in [0.2, 0.25) is 0 Å². The zero-order valence-corrected chi connectivity index (χ0v) is 10.3. The van der Waals surface area contributed by atoms with Crippen molar-refractivity contribution in [2.45, 2.75) is 19.6 Å². The first-order chi connectivity index (χ1) is 6.63. The van der Waals surface area contributed by atoms with Crippen molar-refractivity contribution in [3.05, 3.63) is 16.4 Å². The third kappa shape index (κ3) is 3.40. The lowest BCUT2D eigenvalue weighted by molar-refractivity contribution is 0.102. The van der Waals surface area contributed by atoms with Crippen molar-refractivity contribution in [1.82, 2.24) is 15.1 Å². The second kappa shape index (κ2) is 5.48. The monoisotopic (exact) mass is 261 g/mol. The van der Waals surface area contributed by atoms with Gasteiger partial charge < -0.3 is 10.1 Å². The van der Waals surface area contributed by atoms with Crippen LogP contribution in [0.5, 0.6) is 0 Å². The summed E-state index contributed by atoms with van der Waals surface area (Å²) in [5, 5.41) is 7.37. The van der Waals surface area contributed by atoms with Crippen LogP contribution < -0.4 is 5.32 Å². The SMILES string of the molecule is CN[C@@H](C)COCc1nn(C)cc1Br. The molecule has 0 radical (unpaired) electrons. The quantitative estimate of drug-likeness (QED) is 0.869. The molecular weight excluding hydrogens is 246 g/mol. The maximum Gasteiger partial charge on any atom is 0.102 e. The third-order valence-corrected chi connectivity index (χ3v) is 2.62. The van der Waals surface area contributed by atoms with Gasteiger partial charge in [0, 0.05) is 19.3 Å². The summed E-state index contributed by atoms with van der Waals surface area (Å²) in [5.74, 6) is 0. The molecule has 0 amide bonds. The molecule has 1 N–H and O–H groups in total. The van der Waals surface area contributed by atoms with Crippen LogP contribution in [0.4, 0.5) is 0 Å². The van der Waals surface area contributed by atoms with Gasteiger partial charge in [0.2, 0.25) is 0 Å².